The van der Waals surface area contributed by atoms with Crippen molar-refractivity contribution in [3.63, 3.8) is 0 Å². The molecule has 1 aliphatic rings. The fourth-order valence-corrected chi connectivity index (χ4v) is 4.33. The van der Waals surface area contributed by atoms with Crippen LogP contribution in [0.2, 0.25) is 5.02 Å². The van der Waals surface area contributed by atoms with Crippen LogP contribution in [-0.2, 0) is 10.0 Å². The van der Waals surface area contributed by atoms with E-state index in [0.29, 0.717) is 42.7 Å². The highest BCUT2D eigenvalue weighted by Crippen LogP contribution is 2.25. The molecule has 0 spiro atoms. The van der Waals surface area contributed by atoms with Gasteiger partial charge >= 0.3 is 0 Å². The van der Waals surface area contributed by atoms with E-state index in [4.69, 9.17) is 16.3 Å². The van der Waals surface area contributed by atoms with E-state index < -0.39 is 26.6 Å². The van der Waals surface area contributed by atoms with E-state index in [-0.39, 0.29) is 12.1 Å². The number of hydrogen-bond donors (Lipinski definition) is 1. The number of halogens is 3. The molecular formula is C17H17ClF2N2O3S. The van der Waals surface area contributed by atoms with Gasteiger partial charge in [0.2, 0.25) is 15.9 Å². The van der Waals surface area contributed by atoms with Crippen molar-refractivity contribution in [3.8, 4) is 5.88 Å². The highest BCUT2D eigenvalue weighted by atomic mass is 35.5. The third-order valence-electron chi connectivity index (χ3n) is 4.13. The van der Waals surface area contributed by atoms with E-state index >= 15 is 0 Å². The van der Waals surface area contributed by atoms with Gasteiger partial charge in [-0.25, -0.2) is 26.9 Å². The molecule has 3 rings (SSSR count). The summed E-state index contributed by atoms with van der Waals surface area (Å²) in [6.45, 7) is 0. The molecule has 0 unspecified atom stereocenters. The Balaban J connectivity index is 1.57. The van der Waals surface area contributed by atoms with Crippen LogP contribution in [0.4, 0.5) is 8.78 Å². The van der Waals surface area contributed by atoms with E-state index in [1.807, 2.05) is 0 Å². The van der Waals surface area contributed by atoms with Gasteiger partial charge in [-0.2, -0.15) is 0 Å². The van der Waals surface area contributed by atoms with Crippen molar-refractivity contribution in [1.82, 2.24) is 9.71 Å². The Kier molecular flexibility index (Phi) is 5.74. The molecule has 0 radical (unpaired) electrons. The Morgan fingerprint density at radius 1 is 1.08 bits per heavy atom. The molecule has 0 bridgehead atoms. The lowest BCUT2D eigenvalue weighted by molar-refractivity contribution is 0.138. The molecule has 140 valence electrons. The highest BCUT2D eigenvalue weighted by Gasteiger charge is 2.27. The summed E-state index contributed by atoms with van der Waals surface area (Å²) in [5.41, 5.74) is 0. The average molecular weight is 403 g/mol. The molecule has 9 heteroatoms. The summed E-state index contributed by atoms with van der Waals surface area (Å²) in [5, 5.41) is 0.518. The zero-order valence-electron chi connectivity index (χ0n) is 13.7. The van der Waals surface area contributed by atoms with E-state index in [2.05, 4.69) is 9.71 Å². The van der Waals surface area contributed by atoms with Gasteiger partial charge < -0.3 is 4.74 Å². The predicted octanol–water partition coefficient (Wildman–Crippen LogP) is 3.68. The van der Waals surface area contributed by atoms with Crippen molar-refractivity contribution in [2.75, 3.05) is 0 Å². The molecule has 1 aromatic carbocycles. The second-order valence-electron chi connectivity index (χ2n) is 6.13. The first-order chi connectivity index (χ1) is 12.3. The number of rotatable bonds is 5. The zero-order valence-corrected chi connectivity index (χ0v) is 15.2. The maximum Gasteiger partial charge on any atom is 0.241 e. The minimum Gasteiger partial charge on any atom is -0.474 e. The maximum absolute atomic E-state index is 13.3. The zero-order chi connectivity index (χ0) is 18.7. The van der Waals surface area contributed by atoms with Crippen molar-refractivity contribution in [2.45, 2.75) is 42.7 Å². The first-order valence-electron chi connectivity index (χ1n) is 8.08. The number of ether oxygens (including phenoxy) is 1. The number of nitrogens with zero attached hydrogens (tertiary/aromatic N) is 1. The molecule has 1 heterocycles. The number of aromatic nitrogens is 1. The van der Waals surface area contributed by atoms with Gasteiger partial charge in [-0.05, 0) is 43.9 Å². The number of benzene rings is 1. The van der Waals surface area contributed by atoms with Crippen molar-refractivity contribution >= 4 is 21.6 Å². The molecule has 0 saturated heterocycles. The average Bonchev–Trinajstić information content (AvgIpc) is 2.58. The fraction of sp³-hybridized carbons (Fsp3) is 0.353. The van der Waals surface area contributed by atoms with Crippen molar-refractivity contribution in [1.29, 1.82) is 0 Å². The van der Waals surface area contributed by atoms with Gasteiger partial charge in [0.15, 0.2) is 0 Å². The minimum atomic E-state index is -3.98. The Bertz CT molecular complexity index is 850. The quantitative estimate of drug-likeness (QED) is 0.828. The lowest BCUT2D eigenvalue weighted by Crippen LogP contribution is -2.39. The largest absolute Gasteiger partial charge is 0.474 e. The number of hydrogen-bond acceptors (Lipinski definition) is 4. The molecule has 1 aliphatic carbocycles. The van der Waals surface area contributed by atoms with Crippen LogP contribution in [0.15, 0.2) is 41.4 Å². The van der Waals surface area contributed by atoms with Crippen LogP contribution in [0.1, 0.15) is 25.7 Å². The van der Waals surface area contributed by atoms with Gasteiger partial charge in [-0.1, -0.05) is 11.6 Å². The second kappa shape index (κ2) is 7.85. The van der Waals surface area contributed by atoms with Gasteiger partial charge in [-0.15, -0.1) is 0 Å². The van der Waals surface area contributed by atoms with Crippen LogP contribution in [0.25, 0.3) is 0 Å². The number of pyridine rings is 1. The molecular weight excluding hydrogens is 386 g/mol. The van der Waals surface area contributed by atoms with Gasteiger partial charge in [0.1, 0.15) is 17.7 Å². The van der Waals surface area contributed by atoms with Gasteiger partial charge in [0, 0.05) is 24.4 Å². The Hall–Kier alpha value is -1.77. The lowest BCUT2D eigenvalue weighted by Gasteiger charge is -2.29. The van der Waals surface area contributed by atoms with E-state index in [1.54, 1.807) is 12.1 Å². The fourth-order valence-electron chi connectivity index (χ4n) is 2.87. The summed E-state index contributed by atoms with van der Waals surface area (Å²) in [7, 11) is -3.98. The van der Waals surface area contributed by atoms with Crippen LogP contribution in [0.5, 0.6) is 5.88 Å². The summed E-state index contributed by atoms with van der Waals surface area (Å²) in [4.78, 5) is 3.65. The normalized spacial score (nSPS) is 20.7. The molecule has 2 aromatic rings. The van der Waals surface area contributed by atoms with Crippen LogP contribution in [0.3, 0.4) is 0 Å². The summed E-state index contributed by atoms with van der Waals surface area (Å²) >= 11 is 5.77. The first-order valence-corrected chi connectivity index (χ1v) is 9.94. The predicted molar refractivity (Wildman–Crippen MR) is 92.6 cm³/mol. The molecule has 1 N–H and O–H groups in total. The molecule has 1 saturated carbocycles. The third-order valence-corrected chi connectivity index (χ3v) is 5.85. The molecule has 5 nitrogen and oxygen atoms in total. The van der Waals surface area contributed by atoms with Gasteiger partial charge in [0.05, 0.1) is 9.92 Å². The van der Waals surface area contributed by atoms with Crippen LogP contribution >= 0.6 is 11.6 Å². The highest BCUT2D eigenvalue weighted by molar-refractivity contribution is 7.89. The van der Waals surface area contributed by atoms with Crippen molar-refractivity contribution in [3.05, 3.63) is 53.2 Å². The lowest BCUT2D eigenvalue weighted by atomic mass is 9.94. The minimum absolute atomic E-state index is 0.0731. The maximum atomic E-state index is 13.3. The van der Waals surface area contributed by atoms with Crippen LogP contribution < -0.4 is 9.46 Å². The number of sulfonamides is 1. The Morgan fingerprint density at radius 2 is 1.73 bits per heavy atom. The van der Waals surface area contributed by atoms with E-state index in [9.17, 15) is 17.2 Å². The van der Waals surface area contributed by atoms with Crippen LogP contribution in [-0.4, -0.2) is 25.5 Å². The first kappa shape index (κ1) is 19.0. The summed E-state index contributed by atoms with van der Waals surface area (Å²) < 4.78 is 59.4. The van der Waals surface area contributed by atoms with Gasteiger partial charge in [-0.3, -0.25) is 0 Å². The summed E-state index contributed by atoms with van der Waals surface area (Å²) in [6, 6.07) is 5.27. The smallest absolute Gasteiger partial charge is 0.241 e. The molecule has 26 heavy (non-hydrogen) atoms. The Labute approximate surface area is 155 Å². The van der Waals surface area contributed by atoms with Gasteiger partial charge in [0.25, 0.3) is 0 Å². The molecule has 1 fully saturated rings. The Morgan fingerprint density at radius 3 is 2.31 bits per heavy atom. The molecule has 0 amide bonds. The second-order valence-corrected chi connectivity index (χ2v) is 8.28. The summed E-state index contributed by atoms with van der Waals surface area (Å²) in [5.74, 6) is -1.40. The standard InChI is InChI=1S/C17H17ClF2N2O3S/c18-11-1-6-17(21-10-11)25-15-4-2-14(3-5-15)22-26(23,24)16-8-12(19)7-13(20)9-16/h1,6-10,14-15,22H,2-5H2. The van der Waals surface area contributed by atoms with Crippen molar-refractivity contribution in [2.24, 2.45) is 0 Å². The van der Waals surface area contributed by atoms with E-state index in [0.717, 1.165) is 12.1 Å². The topological polar surface area (TPSA) is 68.3 Å². The SMILES string of the molecule is O=S(=O)(NC1CCC(Oc2ccc(Cl)cn2)CC1)c1cc(F)cc(F)c1. The van der Waals surface area contributed by atoms with Crippen molar-refractivity contribution < 1.29 is 21.9 Å². The third kappa shape index (κ3) is 4.90. The van der Waals surface area contributed by atoms with E-state index in [1.165, 1.54) is 6.20 Å². The number of nitrogens with one attached hydrogen (secondary N) is 1. The monoisotopic (exact) mass is 402 g/mol. The van der Waals surface area contributed by atoms with Crippen LogP contribution in [0, 0.1) is 11.6 Å². The molecule has 0 atom stereocenters. The molecule has 0 aliphatic heterocycles. The molecule has 1 aromatic heterocycles. The summed E-state index contributed by atoms with van der Waals surface area (Å²) in [6.07, 6.45) is 3.79.